The highest BCUT2D eigenvalue weighted by molar-refractivity contribution is 7.87. The van der Waals surface area contributed by atoms with E-state index in [1.54, 1.807) is 0 Å². The molecule has 18 heteroatoms. The van der Waals surface area contributed by atoms with Gasteiger partial charge in [-0.1, -0.05) is 0 Å². The number of nitrogens with zero attached hydrogens (tertiary/aromatic N) is 3. The highest BCUT2D eigenvalue weighted by Gasteiger charge is 2.39. The Morgan fingerprint density at radius 2 is 1.57 bits per heavy atom. The highest BCUT2D eigenvalue weighted by Crippen LogP contribution is 2.39. The number of rotatable bonds is 6. The second-order valence-corrected chi connectivity index (χ2v) is 8.15. The normalized spacial score (nSPS) is 12.4. The first kappa shape index (κ1) is 25.4. The second kappa shape index (κ2) is 8.53. The van der Waals surface area contributed by atoms with Gasteiger partial charge >= 0.3 is 22.5 Å². The highest BCUT2D eigenvalue weighted by atomic mass is 32.2. The van der Waals surface area contributed by atoms with Crippen molar-refractivity contribution in [3.05, 3.63) is 63.3 Å². The Labute approximate surface area is 189 Å². The third kappa shape index (κ3) is 5.31. The molecule has 3 N–H and O–H groups in total. The van der Waals surface area contributed by atoms with E-state index in [2.05, 4.69) is 10.2 Å². The molecule has 0 radical (unpaired) electrons. The van der Waals surface area contributed by atoms with E-state index >= 15 is 0 Å². The maximum absolute atomic E-state index is 13.1. The van der Waals surface area contributed by atoms with E-state index in [9.17, 15) is 49.7 Å². The fourth-order valence-electron chi connectivity index (χ4n) is 2.72. The first-order chi connectivity index (χ1) is 16.0. The lowest BCUT2D eigenvalue weighted by molar-refractivity contribution is -0.384. The molecule has 35 heavy (non-hydrogen) atoms. The zero-order valence-electron chi connectivity index (χ0n) is 16.5. The van der Waals surface area contributed by atoms with Gasteiger partial charge in [0.05, 0.1) is 21.6 Å². The molecule has 0 aliphatic carbocycles. The third-order valence-corrected chi connectivity index (χ3v) is 5.47. The van der Waals surface area contributed by atoms with Crippen LogP contribution in [0.25, 0.3) is 11.3 Å². The Balaban J connectivity index is 2.20. The first-order valence-electron chi connectivity index (χ1n) is 8.74. The van der Waals surface area contributed by atoms with Crippen molar-refractivity contribution in [2.24, 2.45) is 5.73 Å². The maximum Gasteiger partial charge on any atom is 0.416 e. The molecule has 1 heterocycles. The van der Waals surface area contributed by atoms with Gasteiger partial charge in [0.2, 0.25) is 0 Å². The van der Waals surface area contributed by atoms with Crippen LogP contribution in [0.5, 0.6) is 5.75 Å². The molecule has 11 nitrogen and oxygen atoms in total. The van der Waals surface area contributed by atoms with Crippen LogP contribution in [0.4, 0.5) is 32.0 Å². The monoisotopic (exact) mass is 525 g/mol. The molecule has 0 saturated heterocycles. The van der Waals surface area contributed by atoms with Crippen molar-refractivity contribution in [3.8, 4) is 17.0 Å². The van der Waals surface area contributed by atoms with Crippen molar-refractivity contribution in [2.45, 2.75) is 17.2 Å². The number of non-ortho nitro benzene ring substituents is 1. The largest absolute Gasteiger partial charge is 0.416 e. The number of carbonyl (C=O) groups is 1. The summed E-state index contributed by atoms with van der Waals surface area (Å²) in [7, 11) is -5.40. The van der Waals surface area contributed by atoms with Crippen LogP contribution in [0.2, 0.25) is 0 Å². The smallest absolute Gasteiger partial charge is 0.378 e. The minimum Gasteiger partial charge on any atom is -0.378 e. The number of aromatic nitrogens is 3. The average molecular weight is 525 g/mol. The van der Waals surface area contributed by atoms with Gasteiger partial charge < -0.3 is 9.92 Å². The zero-order chi connectivity index (χ0) is 26.3. The van der Waals surface area contributed by atoms with Crippen LogP contribution in [-0.2, 0) is 22.5 Å². The molecular weight excluding hydrogens is 516 g/mol. The van der Waals surface area contributed by atoms with Gasteiger partial charge in [-0.25, -0.2) is 0 Å². The van der Waals surface area contributed by atoms with Gasteiger partial charge in [-0.3, -0.25) is 14.9 Å². The van der Waals surface area contributed by atoms with Crippen molar-refractivity contribution >= 4 is 21.7 Å². The molecule has 1 amide bonds. The molecule has 0 bridgehead atoms. The second-order valence-electron chi connectivity index (χ2n) is 6.60. The van der Waals surface area contributed by atoms with E-state index in [0.29, 0.717) is 12.1 Å². The van der Waals surface area contributed by atoms with Crippen LogP contribution >= 0.6 is 0 Å². The lowest BCUT2D eigenvalue weighted by Gasteiger charge is -2.15. The molecule has 0 spiro atoms. The van der Waals surface area contributed by atoms with Gasteiger partial charge in [-0.15, -0.1) is 0 Å². The van der Waals surface area contributed by atoms with Crippen LogP contribution in [-0.4, -0.2) is 34.7 Å². The molecule has 2 aromatic carbocycles. The van der Waals surface area contributed by atoms with Crippen LogP contribution in [0.3, 0.4) is 0 Å². The molecule has 0 saturated carbocycles. The van der Waals surface area contributed by atoms with Crippen LogP contribution < -0.4 is 9.92 Å². The van der Waals surface area contributed by atoms with Crippen LogP contribution in [0.1, 0.15) is 21.6 Å². The zero-order valence-corrected chi connectivity index (χ0v) is 17.3. The molecule has 0 unspecified atom stereocenters. The number of nitro benzene ring substituents is 1. The number of nitrogens with two attached hydrogens (primary N) is 1. The SMILES string of the molecule is NC(=O)c1n[nH]nc1-c1cc([N+](=O)[O-])ccc1OS(=O)(=O)c1cc(C(F)(F)F)cc(C(F)(F)F)c1. The molecule has 0 aliphatic heterocycles. The lowest BCUT2D eigenvalue weighted by atomic mass is 10.1. The van der Waals surface area contributed by atoms with Crippen molar-refractivity contribution in [1.82, 2.24) is 15.4 Å². The molecule has 0 aliphatic rings. The number of alkyl halides is 6. The summed E-state index contributed by atoms with van der Waals surface area (Å²) in [4.78, 5) is 20.2. The number of nitro groups is 1. The van der Waals surface area contributed by atoms with Crippen molar-refractivity contribution in [1.29, 1.82) is 0 Å². The Hall–Kier alpha value is -4.22. The van der Waals surface area contributed by atoms with Crippen molar-refractivity contribution in [2.75, 3.05) is 0 Å². The van der Waals surface area contributed by atoms with E-state index < -0.39 is 77.7 Å². The fraction of sp³-hybridized carbons (Fsp3) is 0.118. The lowest BCUT2D eigenvalue weighted by Crippen LogP contribution is -2.16. The number of aromatic amines is 1. The van der Waals surface area contributed by atoms with E-state index in [1.165, 1.54) is 0 Å². The summed E-state index contributed by atoms with van der Waals surface area (Å²) in [5.41, 5.74) is -1.14. The van der Waals surface area contributed by atoms with Gasteiger partial charge in [0.15, 0.2) is 11.4 Å². The summed E-state index contributed by atoms with van der Waals surface area (Å²) in [6.45, 7) is 0. The summed E-state index contributed by atoms with van der Waals surface area (Å²) in [6.07, 6.45) is -10.7. The van der Waals surface area contributed by atoms with Crippen LogP contribution in [0, 0.1) is 10.1 Å². The van der Waals surface area contributed by atoms with Gasteiger partial charge in [-0.2, -0.15) is 50.2 Å². The maximum atomic E-state index is 13.1. The fourth-order valence-corrected chi connectivity index (χ4v) is 3.74. The van der Waals surface area contributed by atoms with Crippen LogP contribution in [0.15, 0.2) is 41.3 Å². The summed E-state index contributed by atoms with van der Waals surface area (Å²) < 4.78 is 109. The van der Waals surface area contributed by atoms with E-state index in [0.717, 1.165) is 6.07 Å². The molecule has 0 fully saturated rings. The van der Waals surface area contributed by atoms with Gasteiger partial charge in [0, 0.05) is 12.1 Å². The number of carbonyl (C=O) groups excluding carboxylic acids is 1. The minimum atomic E-state index is -5.40. The topological polar surface area (TPSA) is 171 Å². The minimum absolute atomic E-state index is 0.0828. The molecule has 186 valence electrons. The van der Waals surface area contributed by atoms with E-state index in [-0.39, 0.29) is 18.2 Å². The predicted molar refractivity (Wildman–Crippen MR) is 101 cm³/mol. The summed E-state index contributed by atoms with van der Waals surface area (Å²) in [6, 6.07) is 1.64. The van der Waals surface area contributed by atoms with Crippen molar-refractivity contribution < 1.29 is 48.7 Å². The quantitative estimate of drug-likeness (QED) is 0.214. The number of benzene rings is 2. The number of nitrogens with one attached hydrogen (secondary N) is 1. The standard InChI is InChI=1S/C17H9F6N5O6S/c18-16(19,20)7-3-8(17(21,22)23)5-10(4-7)35(32,33)34-12-2-1-9(28(30)31)6-11(12)13-14(15(24)29)26-27-25-13/h1-6H,(H2,24,29)(H,25,26,27). The van der Waals surface area contributed by atoms with Gasteiger partial charge in [0.25, 0.3) is 11.6 Å². The Morgan fingerprint density at radius 3 is 2.06 bits per heavy atom. The third-order valence-electron chi connectivity index (χ3n) is 4.26. The summed E-state index contributed by atoms with van der Waals surface area (Å²) in [5, 5.41) is 20.0. The molecule has 3 aromatic rings. The van der Waals surface area contributed by atoms with Gasteiger partial charge in [0.1, 0.15) is 10.6 Å². The molecule has 3 rings (SSSR count). The molecule has 1 aromatic heterocycles. The summed E-state index contributed by atoms with van der Waals surface area (Å²) in [5.74, 6) is -2.04. The Kier molecular flexibility index (Phi) is 6.19. The number of H-pyrrole nitrogens is 1. The molecule has 0 atom stereocenters. The first-order valence-corrected chi connectivity index (χ1v) is 10.1. The number of halogens is 6. The Morgan fingerprint density at radius 1 is 1.00 bits per heavy atom. The Bertz CT molecular complexity index is 1400. The number of amides is 1. The van der Waals surface area contributed by atoms with Gasteiger partial charge in [-0.05, 0) is 24.3 Å². The summed E-state index contributed by atoms with van der Waals surface area (Å²) >= 11 is 0. The number of primary amides is 1. The average Bonchev–Trinajstić information content (AvgIpc) is 3.22. The van der Waals surface area contributed by atoms with E-state index in [1.807, 2.05) is 5.21 Å². The van der Waals surface area contributed by atoms with Crippen molar-refractivity contribution in [3.63, 3.8) is 0 Å². The predicted octanol–water partition coefficient (Wildman–Crippen LogP) is 3.28. The number of hydrogen-bond donors (Lipinski definition) is 2. The number of hydrogen-bond acceptors (Lipinski definition) is 8. The molecular formula is C17H9F6N5O6S. The van der Waals surface area contributed by atoms with E-state index in [4.69, 9.17) is 9.92 Å².